The molecule has 0 bridgehead atoms. The minimum atomic E-state index is -3.99. The third-order valence-corrected chi connectivity index (χ3v) is 8.91. The van der Waals surface area contributed by atoms with Crippen LogP contribution in [0.2, 0.25) is 0 Å². The number of phosphoric ester groups is 1. The van der Waals surface area contributed by atoms with Gasteiger partial charge in [-0.3, -0.25) is 23.3 Å². The van der Waals surface area contributed by atoms with Crippen LogP contribution >= 0.6 is 20.0 Å². The summed E-state index contributed by atoms with van der Waals surface area (Å²) in [6, 6.07) is 0.991. The van der Waals surface area contributed by atoms with Gasteiger partial charge in [0.15, 0.2) is 16.6 Å². The highest BCUT2D eigenvalue weighted by Gasteiger charge is 2.59. The van der Waals surface area contributed by atoms with Crippen molar-refractivity contribution in [3.63, 3.8) is 0 Å². The molecule has 0 spiro atoms. The van der Waals surface area contributed by atoms with Crippen molar-refractivity contribution in [2.45, 2.75) is 36.7 Å². The van der Waals surface area contributed by atoms with Gasteiger partial charge in [0.25, 0.3) is 5.91 Å². The lowest BCUT2D eigenvalue weighted by atomic mass is 9.72. The second-order valence-electron chi connectivity index (χ2n) is 9.13. The Balaban J connectivity index is 1.18. The summed E-state index contributed by atoms with van der Waals surface area (Å²) >= 11 is 5.17. The zero-order chi connectivity index (χ0) is 24.5. The number of rotatable bonds is 4. The predicted octanol–water partition coefficient (Wildman–Crippen LogP) is 0.0267. The highest BCUT2D eigenvalue weighted by Crippen LogP contribution is 2.62. The summed E-state index contributed by atoms with van der Waals surface area (Å²) in [7, 11) is -2.13. The van der Waals surface area contributed by atoms with Crippen LogP contribution < -0.4 is 20.1 Å². The second kappa shape index (κ2) is 8.44. The zero-order valence-electron chi connectivity index (χ0n) is 18.7. The van der Waals surface area contributed by atoms with Gasteiger partial charge >= 0.3 is 7.82 Å². The highest BCUT2D eigenvalue weighted by molar-refractivity contribution is 7.80. The highest BCUT2D eigenvalue weighted by atomic mass is 32.1. The SMILES string of the molecule is CN1CN(CCOP2(=O)O[C@H]3[C@@H]4NC(=O)c5c(cc6c(c5O)OCO6)[C@H]4C[C@H](O)[C@H]3O2)CNC1=S. The minimum Gasteiger partial charge on any atom is -0.504 e. The number of carbonyl (C=O) groups is 1. The Labute approximate surface area is 205 Å². The molecular weight excluding hydrogens is 503 g/mol. The number of phenols is 1. The van der Waals surface area contributed by atoms with Gasteiger partial charge in [0.1, 0.15) is 12.2 Å². The Morgan fingerprint density at radius 2 is 2.11 bits per heavy atom. The van der Waals surface area contributed by atoms with Crippen LogP contribution in [-0.4, -0.2) is 95.7 Å². The first-order valence-corrected chi connectivity index (χ1v) is 13.1. The van der Waals surface area contributed by atoms with E-state index >= 15 is 0 Å². The number of ether oxygens (including phenoxy) is 2. The average Bonchev–Trinajstić information content (AvgIpc) is 3.42. The van der Waals surface area contributed by atoms with Crippen molar-refractivity contribution in [3.05, 3.63) is 17.2 Å². The predicted molar refractivity (Wildman–Crippen MR) is 122 cm³/mol. The van der Waals surface area contributed by atoms with E-state index in [2.05, 4.69) is 10.6 Å². The number of hydrogen-bond acceptors (Lipinski definition) is 11. The summed E-state index contributed by atoms with van der Waals surface area (Å²) in [5, 5.41) is 28.0. The lowest BCUT2D eigenvalue weighted by molar-refractivity contribution is -0.0373. The summed E-state index contributed by atoms with van der Waals surface area (Å²) in [5.41, 5.74) is 0.572. The first-order chi connectivity index (χ1) is 16.7. The molecule has 5 aliphatic rings. The number of aliphatic hydroxyl groups is 1. The molecule has 6 rings (SSSR count). The van der Waals surface area contributed by atoms with Gasteiger partial charge in [-0.1, -0.05) is 0 Å². The van der Waals surface area contributed by atoms with Crippen molar-refractivity contribution in [1.82, 2.24) is 20.4 Å². The average molecular weight is 528 g/mol. The van der Waals surface area contributed by atoms with Gasteiger partial charge in [-0.15, -0.1) is 0 Å². The lowest BCUT2D eigenvalue weighted by Crippen LogP contribution is -2.60. The number of fused-ring (bicyclic) bond motifs is 6. The van der Waals surface area contributed by atoms with Gasteiger partial charge in [0.2, 0.25) is 12.5 Å². The van der Waals surface area contributed by atoms with Gasteiger partial charge in [0.05, 0.1) is 37.7 Å². The second-order valence-corrected chi connectivity index (χ2v) is 11.1. The summed E-state index contributed by atoms with van der Waals surface area (Å²) in [5.74, 6) is -0.838. The Kier molecular flexibility index (Phi) is 5.60. The van der Waals surface area contributed by atoms with E-state index in [1.54, 1.807) is 6.07 Å². The van der Waals surface area contributed by atoms with E-state index in [0.29, 0.717) is 36.3 Å². The van der Waals surface area contributed by atoms with Crippen LogP contribution in [0.5, 0.6) is 17.2 Å². The lowest BCUT2D eigenvalue weighted by Gasteiger charge is -2.43. The number of aromatic hydroxyl groups is 1. The van der Waals surface area contributed by atoms with E-state index in [4.69, 9.17) is 35.3 Å². The maximum atomic E-state index is 13.3. The van der Waals surface area contributed by atoms with Gasteiger partial charge in [0, 0.05) is 19.5 Å². The molecule has 0 radical (unpaired) electrons. The van der Waals surface area contributed by atoms with Crippen molar-refractivity contribution < 1.29 is 42.6 Å². The standard InChI is InChI=1S/C20H25N4O9PS/c1-23-7-24(6-21-20(23)35)2-3-31-34(28)32-16-11(25)4-10-9-5-12-17(30-8-29-12)15(26)13(9)19(27)22-14(10)18(16)33-34/h5,10-11,14,16,18,25-26H,2-4,6-8H2,1H3,(H,21,35)(H,22,27)/t10-,11+,14-,16-,18+,34?/m1/s1. The van der Waals surface area contributed by atoms with E-state index in [-0.39, 0.29) is 36.9 Å². The molecule has 1 unspecified atom stereocenters. The molecular formula is C20H25N4O9PS. The first kappa shape index (κ1) is 23.2. The Bertz CT molecular complexity index is 1140. The number of hydrogen-bond donors (Lipinski definition) is 4. The molecule has 1 saturated carbocycles. The number of phenolic OH excluding ortho intramolecular Hbond substituents is 1. The van der Waals surface area contributed by atoms with Gasteiger partial charge < -0.3 is 35.2 Å². The zero-order valence-corrected chi connectivity index (χ0v) is 20.4. The van der Waals surface area contributed by atoms with Crippen LogP contribution in [0.3, 0.4) is 0 Å². The van der Waals surface area contributed by atoms with Crippen LogP contribution in [-0.2, 0) is 18.1 Å². The van der Waals surface area contributed by atoms with Gasteiger partial charge in [-0.05, 0) is 30.3 Å². The maximum absolute atomic E-state index is 13.3. The van der Waals surface area contributed by atoms with Crippen molar-refractivity contribution in [2.75, 3.05) is 40.3 Å². The molecule has 4 N–H and O–H groups in total. The molecule has 6 atom stereocenters. The Morgan fingerprint density at radius 1 is 1.31 bits per heavy atom. The molecule has 0 aromatic heterocycles. The normalized spacial score (nSPS) is 35.7. The molecule has 1 amide bonds. The third kappa shape index (κ3) is 3.84. The van der Waals surface area contributed by atoms with Crippen LogP contribution in [0, 0.1) is 0 Å². The molecule has 1 aliphatic carbocycles. The summed E-state index contributed by atoms with van der Waals surface area (Å²) in [6.45, 7) is 1.56. The molecule has 1 aromatic carbocycles. The van der Waals surface area contributed by atoms with E-state index in [1.165, 1.54) is 0 Å². The molecule has 13 nitrogen and oxygen atoms in total. The van der Waals surface area contributed by atoms with E-state index in [1.807, 2.05) is 16.8 Å². The number of carbonyl (C=O) groups excluding carboxylic acids is 1. The van der Waals surface area contributed by atoms with Crippen LogP contribution in [0.25, 0.3) is 0 Å². The fourth-order valence-electron chi connectivity index (χ4n) is 5.30. The van der Waals surface area contributed by atoms with E-state index in [0.717, 1.165) is 0 Å². The third-order valence-electron chi connectivity index (χ3n) is 6.95. The molecule has 4 aliphatic heterocycles. The number of thiocarbonyl (C=S) groups is 1. The van der Waals surface area contributed by atoms with Crippen LogP contribution in [0.15, 0.2) is 6.07 Å². The molecule has 3 fully saturated rings. The molecule has 4 heterocycles. The maximum Gasteiger partial charge on any atom is 0.475 e. The number of nitrogens with one attached hydrogen (secondary N) is 2. The van der Waals surface area contributed by atoms with Gasteiger partial charge in [-0.2, -0.15) is 0 Å². The Morgan fingerprint density at radius 3 is 2.91 bits per heavy atom. The summed E-state index contributed by atoms with van der Waals surface area (Å²) in [4.78, 5) is 16.8. The summed E-state index contributed by atoms with van der Waals surface area (Å²) < 4.78 is 40.8. The van der Waals surface area contributed by atoms with E-state index < -0.39 is 44.0 Å². The summed E-state index contributed by atoms with van der Waals surface area (Å²) in [6.07, 6.45) is -2.68. The molecule has 15 heteroatoms. The number of phosphoric acid groups is 1. The van der Waals surface area contributed by atoms with Crippen LogP contribution in [0.1, 0.15) is 28.3 Å². The number of amides is 1. The quantitative estimate of drug-likeness (QED) is 0.307. The molecule has 1 aromatic rings. The smallest absolute Gasteiger partial charge is 0.475 e. The Hall–Kier alpha value is -2.19. The number of aliphatic hydroxyl groups excluding tert-OH is 1. The molecule has 35 heavy (non-hydrogen) atoms. The minimum absolute atomic E-state index is 0.0652. The number of benzene rings is 1. The first-order valence-electron chi connectivity index (χ1n) is 11.2. The number of nitrogens with zero attached hydrogens (tertiary/aromatic N) is 2. The fraction of sp³-hybridized carbons (Fsp3) is 0.600. The molecule has 2 saturated heterocycles. The van der Waals surface area contributed by atoms with Gasteiger partial charge in [-0.25, -0.2) is 4.57 Å². The van der Waals surface area contributed by atoms with Crippen molar-refractivity contribution in [3.8, 4) is 17.2 Å². The van der Waals surface area contributed by atoms with Crippen molar-refractivity contribution in [2.24, 2.45) is 0 Å². The monoisotopic (exact) mass is 528 g/mol. The largest absolute Gasteiger partial charge is 0.504 e. The topological polar surface area (TPSA) is 151 Å². The van der Waals surface area contributed by atoms with E-state index in [9.17, 15) is 19.6 Å². The molecule has 190 valence electrons. The van der Waals surface area contributed by atoms with Crippen LogP contribution in [0.4, 0.5) is 0 Å². The fourth-order valence-corrected chi connectivity index (χ4v) is 7.00. The van der Waals surface area contributed by atoms with Crippen molar-refractivity contribution >= 4 is 31.1 Å². The van der Waals surface area contributed by atoms with Crippen molar-refractivity contribution in [1.29, 1.82) is 0 Å².